The maximum atomic E-state index is 5.34. The highest BCUT2D eigenvalue weighted by Gasteiger charge is 1.73. The van der Waals surface area contributed by atoms with Gasteiger partial charge in [-0.3, -0.25) is 0 Å². The number of allylic oxidation sites excluding steroid dienone is 4. The Bertz CT molecular complexity index is 100. The van der Waals surface area contributed by atoms with E-state index in [9.17, 15) is 0 Å². The highest BCUT2D eigenvalue weighted by Crippen LogP contribution is 2.01. The monoisotopic (exact) mass is 175 g/mol. The number of hydrogen-bond donors (Lipinski definition) is 1. The van der Waals surface area contributed by atoms with Crippen molar-refractivity contribution in [1.82, 2.24) is 0 Å². The number of rotatable bonds is 1. The van der Waals surface area contributed by atoms with Crippen LogP contribution < -0.4 is 5.73 Å². The van der Waals surface area contributed by atoms with E-state index < -0.39 is 0 Å². The van der Waals surface area contributed by atoms with E-state index in [1.54, 1.807) is 0 Å². The zero-order valence-corrected chi connectivity index (χ0v) is 6.70. The summed E-state index contributed by atoms with van der Waals surface area (Å²) in [7, 11) is 0. The maximum Gasteiger partial charge on any atom is 0.00491 e. The normalized spacial score (nSPS) is 14.4. The van der Waals surface area contributed by atoms with Crippen LogP contribution in [0.4, 0.5) is 0 Å². The third-order valence-electron chi connectivity index (χ3n) is 0.576. The van der Waals surface area contributed by atoms with Crippen molar-refractivity contribution in [1.29, 1.82) is 0 Å². The third-order valence-corrected chi connectivity index (χ3v) is 0.840. The average Bonchev–Trinajstić information content (AvgIpc) is 1.61. The molecule has 0 spiro atoms. The lowest BCUT2D eigenvalue weighted by Crippen LogP contribution is -1.87. The van der Waals surface area contributed by atoms with Crippen LogP contribution in [0.5, 0.6) is 0 Å². The molecule has 8 heavy (non-hydrogen) atoms. The molecule has 0 heterocycles. The number of hydrogen-bond acceptors (Lipinski definition) is 1. The van der Waals surface area contributed by atoms with Gasteiger partial charge in [0.05, 0.1) is 0 Å². The topological polar surface area (TPSA) is 26.0 Å². The number of nitrogens with two attached hydrogens (primary N) is 1. The van der Waals surface area contributed by atoms with Crippen molar-refractivity contribution in [3.05, 3.63) is 22.3 Å². The first-order valence-electron chi connectivity index (χ1n) is 2.39. The largest absolute Gasteiger partial charge is 0.402 e. The zero-order valence-electron chi connectivity index (χ0n) is 5.11. The van der Waals surface area contributed by atoms with Crippen molar-refractivity contribution in [3.8, 4) is 0 Å². The van der Waals surface area contributed by atoms with Gasteiger partial charge < -0.3 is 5.73 Å². The van der Waals surface area contributed by atoms with Gasteiger partial charge in [-0.2, -0.15) is 0 Å². The van der Waals surface area contributed by atoms with Gasteiger partial charge in [0.1, 0.15) is 0 Å². The van der Waals surface area contributed by atoms with E-state index in [1.165, 1.54) is 0 Å². The van der Waals surface area contributed by atoms with Gasteiger partial charge >= 0.3 is 0 Å². The van der Waals surface area contributed by atoms with Crippen LogP contribution >= 0.6 is 15.9 Å². The fraction of sp³-hybridized carbons (Fsp3) is 0.333. The molecular weight excluding hydrogens is 166 g/mol. The lowest BCUT2D eigenvalue weighted by molar-refractivity contribution is 1.31. The molecule has 0 rings (SSSR count). The first kappa shape index (κ1) is 7.76. The minimum atomic E-state index is 0.823. The molecule has 2 heteroatoms. The minimum Gasteiger partial charge on any atom is -0.402 e. The Labute approximate surface area is 58.4 Å². The van der Waals surface area contributed by atoms with Crippen molar-refractivity contribution >= 4 is 15.9 Å². The summed E-state index contributed by atoms with van der Waals surface area (Å²) in [6.45, 7) is 3.81. The van der Waals surface area contributed by atoms with Crippen LogP contribution in [0.25, 0.3) is 0 Å². The molecule has 0 aromatic rings. The van der Waals surface area contributed by atoms with Crippen molar-refractivity contribution in [2.24, 2.45) is 5.73 Å². The maximum absolute atomic E-state index is 5.34. The van der Waals surface area contributed by atoms with Crippen LogP contribution in [0.15, 0.2) is 22.3 Å². The fourth-order valence-electron chi connectivity index (χ4n) is 0.246. The quantitative estimate of drug-likeness (QED) is 0.608. The highest BCUT2D eigenvalue weighted by molar-refractivity contribution is 9.11. The molecule has 46 valence electrons. The van der Waals surface area contributed by atoms with Crippen LogP contribution in [0, 0.1) is 0 Å². The Morgan fingerprint density at radius 2 is 1.88 bits per heavy atom. The SMILES string of the molecule is C/C(N)=C\C=C(/C)Br. The molecule has 0 saturated carbocycles. The second kappa shape index (κ2) is 3.72. The lowest BCUT2D eigenvalue weighted by atomic mass is 10.4. The third kappa shape index (κ3) is 5.76. The second-order valence-electron chi connectivity index (χ2n) is 1.66. The second-order valence-corrected chi connectivity index (χ2v) is 2.91. The van der Waals surface area contributed by atoms with Crippen LogP contribution in [-0.2, 0) is 0 Å². The molecule has 0 radical (unpaired) electrons. The van der Waals surface area contributed by atoms with Gasteiger partial charge in [-0.1, -0.05) is 22.0 Å². The molecule has 0 aliphatic carbocycles. The average molecular weight is 176 g/mol. The minimum absolute atomic E-state index is 0.823. The molecule has 0 fully saturated rings. The molecule has 1 nitrogen and oxygen atoms in total. The molecule has 0 unspecified atom stereocenters. The van der Waals surface area contributed by atoms with Gasteiger partial charge in [-0.05, 0) is 24.4 Å². The zero-order chi connectivity index (χ0) is 6.57. The van der Waals surface area contributed by atoms with Gasteiger partial charge in [0, 0.05) is 5.70 Å². The van der Waals surface area contributed by atoms with Gasteiger partial charge in [0.15, 0.2) is 0 Å². The Hall–Kier alpha value is -0.240. The van der Waals surface area contributed by atoms with Crippen LogP contribution in [-0.4, -0.2) is 0 Å². The van der Waals surface area contributed by atoms with Crippen molar-refractivity contribution < 1.29 is 0 Å². The first-order chi connectivity index (χ1) is 3.63. The summed E-state index contributed by atoms with van der Waals surface area (Å²) in [5.74, 6) is 0. The predicted molar refractivity (Wildman–Crippen MR) is 40.6 cm³/mol. The summed E-state index contributed by atoms with van der Waals surface area (Å²) in [5, 5.41) is 0. The summed E-state index contributed by atoms with van der Waals surface area (Å²) in [5.41, 5.74) is 6.16. The van der Waals surface area contributed by atoms with Crippen LogP contribution in [0.1, 0.15) is 13.8 Å². The fourth-order valence-corrected chi connectivity index (χ4v) is 0.378. The molecule has 0 aromatic heterocycles. The molecular formula is C6H10BrN. The molecule has 0 amide bonds. The van der Waals surface area contributed by atoms with Crippen molar-refractivity contribution in [2.75, 3.05) is 0 Å². The Morgan fingerprint density at radius 1 is 1.38 bits per heavy atom. The van der Waals surface area contributed by atoms with E-state index in [0.29, 0.717) is 0 Å². The van der Waals surface area contributed by atoms with E-state index in [-0.39, 0.29) is 0 Å². The van der Waals surface area contributed by atoms with Gasteiger partial charge in [-0.15, -0.1) is 0 Å². The van der Waals surface area contributed by atoms with Gasteiger partial charge in [-0.25, -0.2) is 0 Å². The lowest BCUT2D eigenvalue weighted by Gasteiger charge is -1.83. The Balaban J connectivity index is 3.76. The first-order valence-corrected chi connectivity index (χ1v) is 3.18. The smallest absolute Gasteiger partial charge is 0.00491 e. The summed E-state index contributed by atoms with van der Waals surface area (Å²) in [6, 6.07) is 0. The van der Waals surface area contributed by atoms with Gasteiger partial charge in [0.25, 0.3) is 0 Å². The molecule has 0 atom stereocenters. The summed E-state index contributed by atoms with van der Waals surface area (Å²) < 4.78 is 1.09. The molecule has 0 bridgehead atoms. The van der Waals surface area contributed by atoms with Crippen molar-refractivity contribution in [2.45, 2.75) is 13.8 Å². The molecule has 2 N–H and O–H groups in total. The van der Waals surface area contributed by atoms with E-state index in [2.05, 4.69) is 15.9 Å². The van der Waals surface area contributed by atoms with Gasteiger partial charge in [0.2, 0.25) is 0 Å². The number of halogens is 1. The van der Waals surface area contributed by atoms with Crippen LogP contribution in [0.2, 0.25) is 0 Å². The summed E-state index contributed by atoms with van der Waals surface area (Å²) in [4.78, 5) is 0. The molecule has 0 aliphatic heterocycles. The Kier molecular flexibility index (Phi) is 3.61. The molecule has 0 saturated heterocycles. The summed E-state index contributed by atoms with van der Waals surface area (Å²) >= 11 is 3.26. The predicted octanol–water partition coefficient (Wildman–Crippen LogP) is 2.15. The standard InChI is InChI=1S/C6H10BrN/c1-5(7)3-4-6(2)8/h3-4H,8H2,1-2H3/b5-3+,6-4+. The molecule has 0 aliphatic rings. The molecule has 0 aromatic carbocycles. The Morgan fingerprint density at radius 3 is 2.00 bits per heavy atom. The summed E-state index contributed by atoms with van der Waals surface area (Å²) in [6.07, 6.45) is 3.76. The van der Waals surface area contributed by atoms with E-state index in [4.69, 9.17) is 5.73 Å². The van der Waals surface area contributed by atoms with Crippen molar-refractivity contribution in [3.63, 3.8) is 0 Å². The van der Waals surface area contributed by atoms with E-state index in [0.717, 1.165) is 10.2 Å². The van der Waals surface area contributed by atoms with E-state index in [1.807, 2.05) is 26.0 Å². The highest BCUT2D eigenvalue weighted by atomic mass is 79.9. The van der Waals surface area contributed by atoms with Crippen LogP contribution in [0.3, 0.4) is 0 Å². The van der Waals surface area contributed by atoms with E-state index >= 15 is 0 Å².